The van der Waals surface area contributed by atoms with Crippen LogP contribution in [0.2, 0.25) is 0 Å². The van der Waals surface area contributed by atoms with Crippen molar-refractivity contribution in [2.45, 2.75) is 31.7 Å². The van der Waals surface area contributed by atoms with E-state index in [4.69, 9.17) is 0 Å². The first-order valence-corrected chi connectivity index (χ1v) is 7.23. The first-order chi connectivity index (χ1) is 9.21. The highest BCUT2D eigenvalue weighted by Gasteiger charge is 2.51. The molecule has 1 aromatic carbocycles. The van der Waals surface area contributed by atoms with E-state index in [9.17, 15) is 4.79 Å². The van der Waals surface area contributed by atoms with Crippen LogP contribution in [0.15, 0.2) is 30.3 Å². The molecule has 1 saturated heterocycles. The van der Waals surface area contributed by atoms with Gasteiger partial charge in [0.25, 0.3) is 0 Å². The number of hydrogen-bond donors (Lipinski definition) is 1. The molecule has 1 saturated carbocycles. The second kappa shape index (κ2) is 6.15. The highest BCUT2D eigenvalue weighted by atomic mass is 35.5. The third-order valence-corrected chi connectivity index (χ3v) is 4.59. The van der Waals surface area contributed by atoms with Gasteiger partial charge in [0.2, 0.25) is 5.91 Å². The normalized spacial score (nSPS) is 22.9. The van der Waals surface area contributed by atoms with Gasteiger partial charge in [-0.15, -0.1) is 12.4 Å². The van der Waals surface area contributed by atoms with Crippen LogP contribution in [-0.2, 0) is 11.2 Å². The minimum absolute atomic E-state index is 0. The maximum absolute atomic E-state index is 12.7. The summed E-state index contributed by atoms with van der Waals surface area (Å²) in [4.78, 5) is 14.7. The molecular formula is C16H23ClN2O. The van der Waals surface area contributed by atoms with Crippen molar-refractivity contribution in [3.8, 4) is 0 Å². The third-order valence-electron chi connectivity index (χ3n) is 4.59. The summed E-state index contributed by atoms with van der Waals surface area (Å²) in [7, 11) is 1.98. The van der Waals surface area contributed by atoms with Crippen LogP contribution in [0, 0.1) is 5.41 Å². The smallest absolute Gasteiger partial charge is 0.229 e. The monoisotopic (exact) mass is 294 g/mol. The van der Waals surface area contributed by atoms with Crippen molar-refractivity contribution in [1.29, 1.82) is 0 Å². The lowest BCUT2D eigenvalue weighted by Gasteiger charge is -2.28. The van der Waals surface area contributed by atoms with Gasteiger partial charge in [0.1, 0.15) is 0 Å². The summed E-state index contributed by atoms with van der Waals surface area (Å²) in [6.45, 7) is 1.98. The van der Waals surface area contributed by atoms with E-state index < -0.39 is 0 Å². The van der Waals surface area contributed by atoms with Crippen LogP contribution < -0.4 is 5.32 Å². The Morgan fingerprint density at radius 3 is 2.60 bits per heavy atom. The maximum atomic E-state index is 12.7. The van der Waals surface area contributed by atoms with Gasteiger partial charge in [-0.3, -0.25) is 4.79 Å². The number of nitrogens with zero attached hydrogens (tertiary/aromatic N) is 1. The van der Waals surface area contributed by atoms with Crippen molar-refractivity contribution in [2.75, 3.05) is 20.1 Å². The summed E-state index contributed by atoms with van der Waals surface area (Å²) < 4.78 is 0. The topological polar surface area (TPSA) is 32.3 Å². The van der Waals surface area contributed by atoms with Crippen molar-refractivity contribution < 1.29 is 4.79 Å². The Hall–Kier alpha value is -1.06. The van der Waals surface area contributed by atoms with E-state index in [2.05, 4.69) is 29.6 Å². The number of carbonyl (C=O) groups excluding carboxylic acids is 1. The molecule has 1 unspecified atom stereocenters. The second-order valence-electron chi connectivity index (χ2n) is 6.01. The number of hydrogen-bond acceptors (Lipinski definition) is 2. The molecule has 1 aromatic rings. The minimum Gasteiger partial charge on any atom is -0.341 e. The molecule has 1 aliphatic heterocycles. The van der Waals surface area contributed by atoms with Crippen molar-refractivity contribution in [3.05, 3.63) is 35.9 Å². The van der Waals surface area contributed by atoms with Gasteiger partial charge in [0.05, 0.1) is 5.41 Å². The van der Waals surface area contributed by atoms with Gasteiger partial charge in [0.15, 0.2) is 0 Å². The zero-order valence-electron chi connectivity index (χ0n) is 12.0. The molecule has 4 heteroatoms. The average molecular weight is 295 g/mol. The molecule has 2 aliphatic rings. The molecule has 20 heavy (non-hydrogen) atoms. The Labute approximate surface area is 127 Å². The minimum atomic E-state index is -0.0985. The van der Waals surface area contributed by atoms with Crippen LogP contribution in [0.1, 0.15) is 24.8 Å². The van der Waals surface area contributed by atoms with Gasteiger partial charge < -0.3 is 10.2 Å². The van der Waals surface area contributed by atoms with Gasteiger partial charge in [-0.2, -0.15) is 0 Å². The predicted molar refractivity (Wildman–Crippen MR) is 83.1 cm³/mol. The van der Waals surface area contributed by atoms with Gasteiger partial charge in [-0.1, -0.05) is 30.3 Å². The highest BCUT2D eigenvalue weighted by molar-refractivity contribution is 5.86. The van der Waals surface area contributed by atoms with Gasteiger partial charge in [0, 0.05) is 19.6 Å². The number of benzene rings is 1. The molecule has 3 rings (SSSR count). The van der Waals surface area contributed by atoms with Crippen molar-refractivity contribution in [2.24, 2.45) is 5.41 Å². The van der Waals surface area contributed by atoms with Gasteiger partial charge >= 0.3 is 0 Å². The summed E-state index contributed by atoms with van der Waals surface area (Å²) in [6, 6.07) is 10.8. The molecule has 0 bridgehead atoms. The second-order valence-corrected chi connectivity index (χ2v) is 6.01. The Bertz CT molecular complexity index is 453. The SMILES string of the molecule is CN(C(=O)C1(Cc2ccccc2)CC1)C1CCNC1.Cl. The van der Waals surface area contributed by atoms with Gasteiger partial charge in [-0.25, -0.2) is 0 Å². The Morgan fingerprint density at radius 2 is 2.05 bits per heavy atom. The molecule has 1 aliphatic carbocycles. The summed E-state index contributed by atoms with van der Waals surface area (Å²) >= 11 is 0. The van der Waals surface area contributed by atoms with Crippen LogP contribution in [-0.4, -0.2) is 37.0 Å². The summed E-state index contributed by atoms with van der Waals surface area (Å²) in [5, 5.41) is 3.34. The fraction of sp³-hybridized carbons (Fsp3) is 0.562. The molecule has 1 amide bonds. The molecular weight excluding hydrogens is 272 g/mol. The number of rotatable bonds is 4. The van der Waals surface area contributed by atoms with E-state index >= 15 is 0 Å². The number of halogens is 1. The van der Waals surface area contributed by atoms with E-state index in [-0.39, 0.29) is 17.8 Å². The van der Waals surface area contributed by atoms with E-state index in [1.165, 1.54) is 5.56 Å². The largest absolute Gasteiger partial charge is 0.341 e. The molecule has 0 aromatic heterocycles. The number of nitrogens with one attached hydrogen (secondary N) is 1. The molecule has 1 N–H and O–H groups in total. The average Bonchev–Trinajstić information content (AvgIpc) is 3.02. The van der Waals surface area contributed by atoms with Crippen LogP contribution in [0.4, 0.5) is 0 Å². The molecule has 2 fully saturated rings. The Morgan fingerprint density at radius 1 is 1.35 bits per heavy atom. The zero-order valence-corrected chi connectivity index (χ0v) is 12.8. The quantitative estimate of drug-likeness (QED) is 0.924. The van der Waals surface area contributed by atoms with Crippen molar-refractivity contribution in [1.82, 2.24) is 10.2 Å². The number of likely N-dealkylation sites (N-methyl/N-ethyl adjacent to an activating group) is 1. The van der Waals surface area contributed by atoms with Crippen molar-refractivity contribution in [3.63, 3.8) is 0 Å². The summed E-state index contributed by atoms with van der Waals surface area (Å²) in [6.07, 6.45) is 4.08. The molecule has 1 atom stereocenters. The van der Waals surface area contributed by atoms with Gasteiger partial charge in [-0.05, 0) is 37.8 Å². The zero-order chi connectivity index (χ0) is 13.3. The lowest BCUT2D eigenvalue weighted by molar-refractivity contribution is -0.137. The first-order valence-electron chi connectivity index (χ1n) is 7.23. The predicted octanol–water partition coefficient (Wildman–Crippen LogP) is 2.25. The Kier molecular flexibility index (Phi) is 4.71. The Balaban J connectivity index is 0.00000147. The van der Waals surface area contributed by atoms with Crippen LogP contribution in [0.25, 0.3) is 0 Å². The van der Waals surface area contributed by atoms with Crippen LogP contribution in [0.5, 0.6) is 0 Å². The lowest BCUT2D eigenvalue weighted by atomic mass is 9.94. The maximum Gasteiger partial charge on any atom is 0.229 e. The first kappa shape index (κ1) is 15.3. The number of amides is 1. The molecule has 1 heterocycles. The lowest BCUT2D eigenvalue weighted by Crippen LogP contribution is -2.43. The molecule has 110 valence electrons. The van der Waals surface area contributed by atoms with E-state index in [1.807, 2.05) is 18.0 Å². The summed E-state index contributed by atoms with van der Waals surface area (Å²) in [5.74, 6) is 0.352. The van der Waals surface area contributed by atoms with Crippen LogP contribution >= 0.6 is 12.4 Å². The fourth-order valence-electron chi connectivity index (χ4n) is 3.11. The standard InChI is InChI=1S/C16H22N2O.ClH/c1-18(14-7-10-17-12-14)15(19)16(8-9-16)11-13-5-3-2-4-6-13;/h2-6,14,17H,7-12H2,1H3;1H. The molecule has 3 nitrogen and oxygen atoms in total. The molecule has 0 radical (unpaired) electrons. The number of carbonyl (C=O) groups is 1. The van der Waals surface area contributed by atoms with E-state index in [0.717, 1.165) is 38.8 Å². The highest BCUT2D eigenvalue weighted by Crippen LogP contribution is 2.50. The van der Waals surface area contributed by atoms with Crippen LogP contribution in [0.3, 0.4) is 0 Å². The van der Waals surface area contributed by atoms with E-state index in [0.29, 0.717) is 11.9 Å². The third kappa shape index (κ3) is 2.99. The summed E-state index contributed by atoms with van der Waals surface area (Å²) in [5.41, 5.74) is 1.19. The fourth-order valence-corrected chi connectivity index (χ4v) is 3.11. The molecule has 0 spiro atoms. The van der Waals surface area contributed by atoms with Crippen molar-refractivity contribution >= 4 is 18.3 Å². The van der Waals surface area contributed by atoms with E-state index in [1.54, 1.807) is 0 Å².